The summed E-state index contributed by atoms with van der Waals surface area (Å²) in [6.45, 7) is 7.32. The molecule has 0 aliphatic carbocycles. The van der Waals surface area contributed by atoms with Crippen molar-refractivity contribution in [3.63, 3.8) is 0 Å². The first-order chi connectivity index (χ1) is 13.0. The summed E-state index contributed by atoms with van der Waals surface area (Å²) in [5, 5.41) is 3.32. The number of anilines is 1. The van der Waals surface area contributed by atoms with Gasteiger partial charge in [0.05, 0.1) is 18.0 Å². The molecule has 2 aromatic carbocycles. The Bertz CT molecular complexity index is 943. The van der Waals surface area contributed by atoms with Crippen LogP contribution in [0.25, 0.3) is 0 Å². The molecule has 0 aliphatic heterocycles. The van der Waals surface area contributed by atoms with Crippen LogP contribution in [-0.4, -0.2) is 26.6 Å². The fraction of sp³-hybridized carbons (Fsp3) is 0.381. The zero-order chi connectivity index (χ0) is 21.1. The number of rotatable bonds is 7. The second-order valence-corrected chi connectivity index (χ2v) is 9.29. The van der Waals surface area contributed by atoms with Gasteiger partial charge in [0.2, 0.25) is 15.9 Å². The molecule has 0 aromatic heterocycles. The van der Waals surface area contributed by atoms with E-state index in [0.29, 0.717) is 10.7 Å². The fourth-order valence-corrected chi connectivity index (χ4v) is 4.45. The molecule has 0 radical (unpaired) electrons. The molecule has 28 heavy (non-hydrogen) atoms. The second kappa shape index (κ2) is 8.97. The zero-order valence-electron chi connectivity index (χ0n) is 16.9. The third-order valence-corrected chi connectivity index (χ3v) is 6.21. The van der Waals surface area contributed by atoms with Crippen LogP contribution in [0.15, 0.2) is 42.5 Å². The molecule has 2 atom stereocenters. The highest BCUT2D eigenvalue weighted by Crippen LogP contribution is 2.28. The molecule has 0 unspecified atom stereocenters. The highest BCUT2D eigenvalue weighted by Gasteiger charge is 2.31. The number of hydrogen-bond donors (Lipinski definition) is 1. The van der Waals surface area contributed by atoms with Crippen molar-refractivity contribution in [1.82, 2.24) is 5.32 Å². The van der Waals surface area contributed by atoms with Gasteiger partial charge in [-0.05, 0) is 56.0 Å². The molecule has 0 saturated heterocycles. The molecule has 1 N–H and O–H groups in total. The van der Waals surface area contributed by atoms with Gasteiger partial charge in [0, 0.05) is 5.02 Å². The molecular formula is C21H27ClN2O3S. The SMILES string of the molecule is CCc1ccc([C@H](C)NC(=O)[C@H](C)N(c2cc(Cl)ccc2C)S(C)(=O)=O)cc1. The zero-order valence-corrected chi connectivity index (χ0v) is 18.4. The van der Waals surface area contributed by atoms with Crippen LogP contribution in [0.5, 0.6) is 0 Å². The van der Waals surface area contributed by atoms with Gasteiger partial charge in [-0.3, -0.25) is 9.10 Å². The van der Waals surface area contributed by atoms with Crippen LogP contribution in [0, 0.1) is 6.92 Å². The van der Waals surface area contributed by atoms with E-state index in [2.05, 4.69) is 12.2 Å². The Morgan fingerprint density at radius 2 is 1.75 bits per heavy atom. The first kappa shape index (κ1) is 22.2. The predicted molar refractivity (Wildman–Crippen MR) is 115 cm³/mol. The van der Waals surface area contributed by atoms with E-state index in [-0.39, 0.29) is 11.9 Å². The van der Waals surface area contributed by atoms with E-state index in [1.807, 2.05) is 31.2 Å². The fourth-order valence-electron chi connectivity index (χ4n) is 3.06. The van der Waals surface area contributed by atoms with Crippen molar-refractivity contribution in [2.24, 2.45) is 0 Å². The largest absolute Gasteiger partial charge is 0.348 e. The summed E-state index contributed by atoms with van der Waals surface area (Å²) in [4.78, 5) is 12.9. The van der Waals surface area contributed by atoms with Crippen molar-refractivity contribution >= 4 is 33.2 Å². The maximum Gasteiger partial charge on any atom is 0.244 e. The normalized spacial score (nSPS) is 13.6. The molecule has 0 spiro atoms. The third kappa shape index (κ3) is 5.26. The summed E-state index contributed by atoms with van der Waals surface area (Å²) in [7, 11) is -3.70. The number of benzene rings is 2. The number of carbonyl (C=O) groups is 1. The third-order valence-electron chi connectivity index (χ3n) is 4.74. The molecule has 0 fully saturated rings. The summed E-state index contributed by atoms with van der Waals surface area (Å²) >= 11 is 6.06. The minimum atomic E-state index is -3.70. The van der Waals surface area contributed by atoms with Crippen LogP contribution in [0.2, 0.25) is 5.02 Å². The number of hydrogen-bond acceptors (Lipinski definition) is 3. The van der Waals surface area contributed by atoms with Gasteiger partial charge in [-0.1, -0.05) is 48.9 Å². The summed E-state index contributed by atoms with van der Waals surface area (Å²) < 4.78 is 26.1. The number of nitrogens with one attached hydrogen (secondary N) is 1. The minimum Gasteiger partial charge on any atom is -0.348 e. The lowest BCUT2D eigenvalue weighted by molar-refractivity contribution is -0.122. The average Bonchev–Trinajstić information content (AvgIpc) is 2.63. The first-order valence-electron chi connectivity index (χ1n) is 9.19. The molecular weight excluding hydrogens is 396 g/mol. The lowest BCUT2D eigenvalue weighted by Crippen LogP contribution is -2.48. The average molecular weight is 423 g/mol. The van der Waals surface area contributed by atoms with E-state index >= 15 is 0 Å². The van der Waals surface area contributed by atoms with Crippen LogP contribution in [0.1, 0.15) is 43.5 Å². The van der Waals surface area contributed by atoms with E-state index in [1.54, 1.807) is 32.0 Å². The summed E-state index contributed by atoms with van der Waals surface area (Å²) in [6, 6.07) is 11.8. The summed E-state index contributed by atoms with van der Waals surface area (Å²) in [6.07, 6.45) is 2.03. The van der Waals surface area contributed by atoms with Crippen molar-refractivity contribution in [2.45, 2.75) is 46.2 Å². The van der Waals surface area contributed by atoms with Crippen LogP contribution < -0.4 is 9.62 Å². The molecule has 152 valence electrons. The Morgan fingerprint density at radius 3 is 2.29 bits per heavy atom. The van der Waals surface area contributed by atoms with Gasteiger partial charge in [-0.25, -0.2) is 8.42 Å². The number of amides is 1. The van der Waals surface area contributed by atoms with Crippen molar-refractivity contribution in [3.05, 3.63) is 64.2 Å². The number of carbonyl (C=O) groups excluding carboxylic acids is 1. The standard InChI is InChI=1S/C21H27ClN2O3S/c1-6-17-8-10-18(11-9-17)15(3)23-21(25)16(4)24(28(5,26)27)20-13-19(22)12-7-14(20)2/h7-13,15-16H,6H2,1-5H3,(H,23,25)/t15-,16-/m0/s1. The minimum absolute atomic E-state index is 0.247. The predicted octanol–water partition coefficient (Wildman–Crippen LogP) is 4.24. The lowest BCUT2D eigenvalue weighted by Gasteiger charge is -2.30. The summed E-state index contributed by atoms with van der Waals surface area (Å²) in [5.74, 6) is -0.378. The van der Waals surface area contributed by atoms with Crippen molar-refractivity contribution in [2.75, 3.05) is 10.6 Å². The highest BCUT2D eigenvalue weighted by molar-refractivity contribution is 7.92. The molecule has 0 heterocycles. The Morgan fingerprint density at radius 1 is 1.14 bits per heavy atom. The van der Waals surface area contributed by atoms with Crippen LogP contribution in [0.4, 0.5) is 5.69 Å². The molecule has 2 aromatic rings. The lowest BCUT2D eigenvalue weighted by atomic mass is 10.0. The van der Waals surface area contributed by atoms with E-state index in [9.17, 15) is 13.2 Å². The van der Waals surface area contributed by atoms with Gasteiger partial charge in [0.25, 0.3) is 0 Å². The number of nitrogens with zero attached hydrogens (tertiary/aromatic N) is 1. The summed E-state index contributed by atoms with van der Waals surface area (Å²) in [5.41, 5.74) is 3.30. The molecule has 0 saturated carbocycles. The molecule has 2 rings (SSSR count). The smallest absolute Gasteiger partial charge is 0.244 e. The van der Waals surface area contributed by atoms with Gasteiger partial charge < -0.3 is 5.32 Å². The molecule has 1 amide bonds. The van der Waals surface area contributed by atoms with E-state index < -0.39 is 16.1 Å². The Balaban J connectivity index is 2.27. The highest BCUT2D eigenvalue weighted by atomic mass is 35.5. The van der Waals surface area contributed by atoms with Crippen LogP contribution >= 0.6 is 11.6 Å². The van der Waals surface area contributed by atoms with E-state index in [4.69, 9.17) is 11.6 Å². The monoisotopic (exact) mass is 422 g/mol. The van der Waals surface area contributed by atoms with Gasteiger partial charge in [-0.2, -0.15) is 0 Å². The van der Waals surface area contributed by atoms with Crippen molar-refractivity contribution in [1.29, 1.82) is 0 Å². The topological polar surface area (TPSA) is 66.5 Å². The molecule has 5 nitrogen and oxygen atoms in total. The maximum absolute atomic E-state index is 12.9. The van der Waals surface area contributed by atoms with Gasteiger partial charge in [0.1, 0.15) is 6.04 Å². The van der Waals surface area contributed by atoms with Gasteiger partial charge in [-0.15, -0.1) is 0 Å². The Labute approximate surface area is 172 Å². The molecule has 7 heteroatoms. The number of sulfonamides is 1. The van der Waals surface area contributed by atoms with Crippen LogP contribution in [0.3, 0.4) is 0 Å². The second-order valence-electron chi connectivity index (χ2n) is 6.99. The number of aryl methyl sites for hydroxylation is 2. The van der Waals surface area contributed by atoms with Gasteiger partial charge >= 0.3 is 0 Å². The van der Waals surface area contributed by atoms with Crippen LogP contribution in [-0.2, 0) is 21.2 Å². The quantitative estimate of drug-likeness (QED) is 0.725. The molecule has 0 bridgehead atoms. The Hall–Kier alpha value is -2.05. The first-order valence-corrected chi connectivity index (χ1v) is 11.4. The van der Waals surface area contributed by atoms with Crippen molar-refractivity contribution < 1.29 is 13.2 Å². The molecule has 0 aliphatic rings. The number of halogens is 1. The van der Waals surface area contributed by atoms with E-state index in [0.717, 1.165) is 28.1 Å². The van der Waals surface area contributed by atoms with Crippen molar-refractivity contribution in [3.8, 4) is 0 Å². The Kier molecular flexibility index (Phi) is 7.12. The van der Waals surface area contributed by atoms with Gasteiger partial charge in [0.15, 0.2) is 0 Å². The maximum atomic E-state index is 12.9. The van der Waals surface area contributed by atoms with E-state index in [1.165, 1.54) is 5.56 Å².